The van der Waals surface area contributed by atoms with Crippen molar-refractivity contribution in [1.29, 1.82) is 0 Å². The van der Waals surface area contributed by atoms with Crippen molar-refractivity contribution in [2.45, 2.75) is 18.6 Å². The quantitative estimate of drug-likeness (QED) is 0.863. The molecule has 0 spiro atoms. The number of likely N-dealkylation sites (N-methyl/N-ethyl adjacent to an activating group) is 1. The monoisotopic (exact) mass is 293 g/mol. The van der Waals surface area contributed by atoms with Gasteiger partial charge in [-0.05, 0) is 30.7 Å². The van der Waals surface area contributed by atoms with Crippen LogP contribution in [0, 0.1) is 0 Å². The summed E-state index contributed by atoms with van der Waals surface area (Å²) in [6.45, 7) is 4.73. The summed E-state index contributed by atoms with van der Waals surface area (Å²) in [5.41, 5.74) is 7.28. The highest BCUT2D eigenvalue weighted by Crippen LogP contribution is 2.21. The number of thioether (sulfide) groups is 1. The minimum atomic E-state index is 0.136. The van der Waals surface area contributed by atoms with E-state index in [2.05, 4.69) is 11.8 Å². The summed E-state index contributed by atoms with van der Waals surface area (Å²) in [5.74, 6) is 1.26. The first kappa shape index (κ1) is 15.2. The fourth-order valence-corrected chi connectivity index (χ4v) is 3.56. The summed E-state index contributed by atoms with van der Waals surface area (Å²) in [6, 6.07) is 7.41. The number of hydrogen-bond acceptors (Lipinski definition) is 4. The summed E-state index contributed by atoms with van der Waals surface area (Å²) < 4.78 is 0. The van der Waals surface area contributed by atoms with Crippen LogP contribution in [0.2, 0.25) is 0 Å². The number of nitrogens with two attached hydrogens (primary N) is 1. The number of benzene rings is 1. The Balaban J connectivity index is 1.92. The second-order valence-corrected chi connectivity index (χ2v) is 6.59. The fourth-order valence-electron chi connectivity index (χ4n) is 2.31. The molecule has 1 heterocycles. The maximum Gasteiger partial charge on any atom is 0.240 e. The maximum atomic E-state index is 12.3. The molecule has 4 nitrogen and oxygen atoms in total. The zero-order valence-corrected chi connectivity index (χ0v) is 13.0. The lowest BCUT2D eigenvalue weighted by molar-refractivity contribution is -0.119. The molecule has 2 N–H and O–H groups in total. The van der Waals surface area contributed by atoms with Gasteiger partial charge in [-0.3, -0.25) is 9.69 Å². The van der Waals surface area contributed by atoms with E-state index in [1.54, 1.807) is 4.90 Å². The first-order valence-electron chi connectivity index (χ1n) is 7.06. The van der Waals surface area contributed by atoms with Crippen LogP contribution in [0.1, 0.15) is 13.3 Å². The van der Waals surface area contributed by atoms with Crippen LogP contribution in [0.3, 0.4) is 0 Å². The first-order valence-corrected chi connectivity index (χ1v) is 8.11. The molecule has 5 heteroatoms. The molecule has 0 radical (unpaired) electrons. The van der Waals surface area contributed by atoms with Crippen molar-refractivity contribution in [3.63, 3.8) is 0 Å². The molecule has 0 aliphatic carbocycles. The van der Waals surface area contributed by atoms with Crippen molar-refractivity contribution in [3.8, 4) is 0 Å². The summed E-state index contributed by atoms with van der Waals surface area (Å²) in [7, 11) is 1.82. The van der Waals surface area contributed by atoms with E-state index in [1.165, 1.54) is 6.42 Å². The van der Waals surface area contributed by atoms with Crippen LogP contribution in [-0.2, 0) is 4.79 Å². The molecule has 1 amide bonds. The molecular weight excluding hydrogens is 270 g/mol. The standard InChI is InChI=1S/C15H23N3OS/c1-3-14-10-18(8-9-20-14)11-15(19)17(2)13-6-4-12(16)5-7-13/h4-7,14H,3,8-11,16H2,1-2H3. The smallest absolute Gasteiger partial charge is 0.240 e. The predicted octanol–water partition coefficient (Wildman–Crippen LogP) is 2.06. The predicted molar refractivity (Wildman–Crippen MR) is 87.2 cm³/mol. The van der Waals surface area contributed by atoms with E-state index in [1.807, 2.05) is 43.1 Å². The normalized spacial score (nSPS) is 19.8. The van der Waals surface area contributed by atoms with Gasteiger partial charge < -0.3 is 10.6 Å². The Hall–Kier alpha value is -1.20. The molecule has 0 aromatic heterocycles. The van der Waals surface area contributed by atoms with Crippen LogP contribution >= 0.6 is 11.8 Å². The van der Waals surface area contributed by atoms with Gasteiger partial charge in [0, 0.05) is 42.5 Å². The molecule has 1 aliphatic heterocycles. The molecule has 1 aromatic rings. The summed E-state index contributed by atoms with van der Waals surface area (Å²) in [6.07, 6.45) is 1.17. The molecule has 1 unspecified atom stereocenters. The van der Waals surface area contributed by atoms with Gasteiger partial charge in [0.05, 0.1) is 6.54 Å². The van der Waals surface area contributed by atoms with E-state index < -0.39 is 0 Å². The van der Waals surface area contributed by atoms with Gasteiger partial charge >= 0.3 is 0 Å². The average molecular weight is 293 g/mol. The highest BCUT2D eigenvalue weighted by Gasteiger charge is 2.22. The third-order valence-electron chi connectivity index (χ3n) is 3.69. The average Bonchev–Trinajstić information content (AvgIpc) is 2.47. The molecule has 0 saturated carbocycles. The lowest BCUT2D eigenvalue weighted by Gasteiger charge is -2.32. The van der Waals surface area contributed by atoms with E-state index in [0.717, 1.165) is 24.5 Å². The molecule has 1 saturated heterocycles. The van der Waals surface area contributed by atoms with E-state index in [0.29, 0.717) is 17.5 Å². The first-order chi connectivity index (χ1) is 9.60. The van der Waals surface area contributed by atoms with E-state index in [4.69, 9.17) is 5.73 Å². The molecule has 0 bridgehead atoms. The minimum absolute atomic E-state index is 0.136. The van der Waals surface area contributed by atoms with E-state index in [9.17, 15) is 4.79 Å². The summed E-state index contributed by atoms with van der Waals surface area (Å²) >= 11 is 2.02. The highest BCUT2D eigenvalue weighted by atomic mass is 32.2. The topological polar surface area (TPSA) is 49.6 Å². The molecule has 2 rings (SSSR count). The van der Waals surface area contributed by atoms with Crippen molar-refractivity contribution in [2.75, 3.05) is 43.1 Å². The van der Waals surface area contributed by atoms with Gasteiger partial charge in [-0.1, -0.05) is 6.92 Å². The van der Waals surface area contributed by atoms with Crippen LogP contribution in [-0.4, -0.2) is 48.5 Å². The SMILES string of the molecule is CCC1CN(CC(=O)N(C)c2ccc(N)cc2)CCS1. The van der Waals surface area contributed by atoms with Gasteiger partial charge in [0.2, 0.25) is 5.91 Å². The number of carbonyl (C=O) groups is 1. The number of carbonyl (C=O) groups excluding carboxylic acids is 1. The molecule has 1 atom stereocenters. The third-order valence-corrected chi connectivity index (χ3v) is 5.06. The Morgan fingerprint density at radius 1 is 1.45 bits per heavy atom. The van der Waals surface area contributed by atoms with Crippen LogP contribution in [0.4, 0.5) is 11.4 Å². The lowest BCUT2D eigenvalue weighted by Crippen LogP contribution is -2.44. The fraction of sp³-hybridized carbons (Fsp3) is 0.533. The van der Waals surface area contributed by atoms with E-state index >= 15 is 0 Å². The maximum absolute atomic E-state index is 12.3. The Kier molecular flexibility index (Phi) is 5.31. The highest BCUT2D eigenvalue weighted by molar-refractivity contribution is 8.00. The van der Waals surface area contributed by atoms with Crippen molar-refractivity contribution in [1.82, 2.24) is 4.90 Å². The molecule has 1 aromatic carbocycles. The van der Waals surface area contributed by atoms with Crippen LogP contribution in [0.25, 0.3) is 0 Å². The molecule has 1 aliphatic rings. The Bertz CT molecular complexity index is 449. The van der Waals surface area contributed by atoms with Crippen molar-refractivity contribution in [3.05, 3.63) is 24.3 Å². The zero-order valence-electron chi connectivity index (χ0n) is 12.2. The summed E-state index contributed by atoms with van der Waals surface area (Å²) in [4.78, 5) is 16.3. The Morgan fingerprint density at radius 3 is 2.80 bits per heavy atom. The number of rotatable bonds is 4. The van der Waals surface area contributed by atoms with Crippen LogP contribution in [0.15, 0.2) is 24.3 Å². The van der Waals surface area contributed by atoms with Crippen LogP contribution in [0.5, 0.6) is 0 Å². The van der Waals surface area contributed by atoms with E-state index in [-0.39, 0.29) is 5.91 Å². The lowest BCUT2D eigenvalue weighted by atomic mass is 10.2. The molecular formula is C15H23N3OS. The van der Waals surface area contributed by atoms with Gasteiger partial charge in [0.25, 0.3) is 0 Å². The summed E-state index contributed by atoms with van der Waals surface area (Å²) in [5, 5.41) is 0.665. The van der Waals surface area contributed by atoms with Crippen LogP contribution < -0.4 is 10.6 Å². The second-order valence-electron chi connectivity index (χ2n) is 5.18. The molecule has 1 fully saturated rings. The third kappa shape index (κ3) is 3.90. The number of nitrogens with zero attached hydrogens (tertiary/aromatic N) is 2. The zero-order chi connectivity index (χ0) is 14.5. The number of nitrogen functional groups attached to an aromatic ring is 1. The van der Waals surface area contributed by atoms with Gasteiger partial charge in [-0.2, -0.15) is 11.8 Å². The number of anilines is 2. The van der Waals surface area contributed by atoms with Crippen molar-refractivity contribution in [2.24, 2.45) is 0 Å². The molecule has 110 valence electrons. The van der Waals surface area contributed by atoms with Crippen molar-refractivity contribution >= 4 is 29.0 Å². The number of hydrogen-bond donors (Lipinski definition) is 1. The van der Waals surface area contributed by atoms with Gasteiger partial charge in [0.1, 0.15) is 0 Å². The largest absolute Gasteiger partial charge is 0.399 e. The van der Waals surface area contributed by atoms with Gasteiger partial charge in [0.15, 0.2) is 0 Å². The van der Waals surface area contributed by atoms with Gasteiger partial charge in [-0.25, -0.2) is 0 Å². The molecule has 20 heavy (non-hydrogen) atoms. The minimum Gasteiger partial charge on any atom is -0.399 e. The Labute approximate surface area is 125 Å². The number of amides is 1. The van der Waals surface area contributed by atoms with Crippen molar-refractivity contribution < 1.29 is 4.79 Å². The van der Waals surface area contributed by atoms with Gasteiger partial charge in [-0.15, -0.1) is 0 Å². The Morgan fingerprint density at radius 2 is 2.15 bits per heavy atom. The second kappa shape index (κ2) is 6.99.